The van der Waals surface area contributed by atoms with Crippen molar-refractivity contribution in [2.45, 2.75) is 20.8 Å². The summed E-state index contributed by atoms with van der Waals surface area (Å²) in [7, 11) is 0. The fraction of sp³-hybridized carbons (Fsp3) is 0.0968. The molecule has 0 saturated heterocycles. The maximum Gasteiger partial charge on any atom is 0.155 e. The first-order valence-corrected chi connectivity index (χ1v) is 12.4. The van der Waals surface area contributed by atoms with E-state index in [1.807, 2.05) is 30.5 Å². The maximum atomic E-state index is 10.0. The molecule has 0 saturated carbocycles. The molecule has 0 atom stereocenters. The third-order valence-corrected chi connectivity index (χ3v) is 6.88. The standard InChI is InChI=1S/C26H16NOS.C5H8O2.Ir/c1-16-9-11-17(12-10-16)24-14-18-13-22(27-15-25(18)29-24)21-7-4-6-20-19-5-2-3-8-23(19)28-26(20)21;1-4(6)3-5(2)7;/h2-6,8-15H,1H3;3,6H,1-2H3;/q-1;;/b;4-3-;. The van der Waals surface area contributed by atoms with E-state index in [1.54, 1.807) is 11.3 Å². The zero-order valence-corrected chi connectivity index (χ0v) is 23.7. The Labute approximate surface area is 232 Å². The molecule has 0 aliphatic rings. The Kier molecular flexibility index (Phi) is 8.03. The van der Waals surface area contributed by atoms with Gasteiger partial charge in [0.2, 0.25) is 0 Å². The molecule has 0 aliphatic carbocycles. The second-order valence-electron chi connectivity index (χ2n) is 8.67. The van der Waals surface area contributed by atoms with Crippen molar-refractivity contribution in [3.05, 3.63) is 102 Å². The average Bonchev–Trinajstić information content (AvgIpc) is 3.45. The number of aromatic nitrogens is 1. The topological polar surface area (TPSA) is 63.3 Å². The summed E-state index contributed by atoms with van der Waals surface area (Å²) in [5, 5.41) is 11.8. The van der Waals surface area contributed by atoms with Gasteiger partial charge < -0.3 is 14.5 Å². The number of thiophene rings is 1. The SMILES string of the molecule is CC(=O)/C=C(/C)O.Cc1ccc(-c2cc3cc(-c4[c-]ccc5c4oc4ccccc45)ncc3s2)cc1.[Ir]. The summed E-state index contributed by atoms with van der Waals surface area (Å²) < 4.78 is 7.35. The summed E-state index contributed by atoms with van der Waals surface area (Å²) >= 11 is 1.77. The summed E-state index contributed by atoms with van der Waals surface area (Å²) in [6.07, 6.45) is 3.13. The first kappa shape index (κ1) is 26.5. The number of para-hydroxylation sites is 1. The molecule has 0 fully saturated rings. The van der Waals surface area contributed by atoms with Crippen LogP contribution in [0.2, 0.25) is 0 Å². The van der Waals surface area contributed by atoms with Crippen molar-refractivity contribution in [2.75, 3.05) is 0 Å². The number of benzene rings is 3. The average molecular weight is 683 g/mol. The molecule has 3 aromatic carbocycles. The van der Waals surface area contributed by atoms with Crippen molar-refractivity contribution in [3.8, 4) is 21.7 Å². The molecule has 0 aliphatic heterocycles. The number of ketones is 1. The monoisotopic (exact) mass is 683 g/mol. The van der Waals surface area contributed by atoms with Crippen LogP contribution in [0.3, 0.4) is 0 Å². The summed E-state index contributed by atoms with van der Waals surface area (Å²) in [5.74, 6) is -0.0625. The van der Waals surface area contributed by atoms with Crippen LogP contribution in [-0.4, -0.2) is 15.9 Å². The summed E-state index contributed by atoms with van der Waals surface area (Å²) in [5.41, 5.74) is 6.04. The van der Waals surface area contributed by atoms with Gasteiger partial charge in [-0.15, -0.1) is 29.5 Å². The predicted molar refractivity (Wildman–Crippen MR) is 148 cm³/mol. The van der Waals surface area contributed by atoms with Gasteiger partial charge in [-0.1, -0.05) is 65.0 Å². The third kappa shape index (κ3) is 5.72. The van der Waals surface area contributed by atoms with Gasteiger partial charge in [0.05, 0.1) is 16.0 Å². The smallest absolute Gasteiger partial charge is 0.155 e. The number of carbonyl (C=O) groups is 1. The number of allylic oxidation sites excluding steroid dienone is 2. The Bertz CT molecular complexity index is 1740. The van der Waals surface area contributed by atoms with Crippen LogP contribution >= 0.6 is 11.3 Å². The van der Waals surface area contributed by atoms with Crippen molar-refractivity contribution in [2.24, 2.45) is 0 Å². The zero-order chi connectivity index (χ0) is 25.2. The number of fused-ring (bicyclic) bond motifs is 4. The van der Waals surface area contributed by atoms with Gasteiger partial charge in [0, 0.05) is 42.6 Å². The molecule has 1 radical (unpaired) electrons. The van der Waals surface area contributed by atoms with Crippen LogP contribution in [0, 0.1) is 13.0 Å². The van der Waals surface area contributed by atoms with Crippen LogP contribution in [0.5, 0.6) is 0 Å². The van der Waals surface area contributed by atoms with Crippen LogP contribution in [0.4, 0.5) is 0 Å². The summed E-state index contributed by atoms with van der Waals surface area (Å²) in [6, 6.07) is 28.5. The van der Waals surface area contributed by atoms with Crippen LogP contribution < -0.4 is 0 Å². The van der Waals surface area contributed by atoms with E-state index < -0.39 is 0 Å². The summed E-state index contributed by atoms with van der Waals surface area (Å²) in [4.78, 5) is 16.0. The molecule has 4 nitrogen and oxygen atoms in total. The Morgan fingerprint density at radius 1 is 1.03 bits per heavy atom. The number of furan rings is 1. The number of aliphatic hydroxyl groups is 1. The number of aryl methyl sites for hydroxylation is 1. The molecule has 6 rings (SSSR count). The minimum absolute atomic E-state index is 0. The van der Waals surface area contributed by atoms with Gasteiger partial charge in [0.15, 0.2) is 5.78 Å². The maximum absolute atomic E-state index is 10.0. The molecule has 187 valence electrons. The molecular weight excluding hydrogens is 659 g/mol. The number of aliphatic hydroxyl groups excluding tert-OH is 1. The van der Waals surface area contributed by atoms with Crippen molar-refractivity contribution in [1.29, 1.82) is 0 Å². The van der Waals surface area contributed by atoms with E-state index in [2.05, 4.69) is 61.5 Å². The molecular formula is C31H24IrNO3S-. The van der Waals surface area contributed by atoms with Crippen molar-refractivity contribution in [1.82, 2.24) is 4.98 Å². The number of hydrogen-bond acceptors (Lipinski definition) is 5. The van der Waals surface area contributed by atoms with Gasteiger partial charge in [-0.05, 0) is 49.5 Å². The normalized spacial score (nSPS) is 11.3. The van der Waals surface area contributed by atoms with Crippen molar-refractivity contribution < 1.29 is 34.4 Å². The van der Waals surface area contributed by atoms with Crippen LogP contribution in [0.1, 0.15) is 19.4 Å². The zero-order valence-electron chi connectivity index (χ0n) is 20.5. The molecule has 3 heterocycles. The van der Waals surface area contributed by atoms with E-state index in [9.17, 15) is 4.79 Å². The molecule has 0 amide bonds. The fourth-order valence-corrected chi connectivity index (χ4v) is 5.14. The first-order valence-electron chi connectivity index (χ1n) is 11.6. The van der Waals surface area contributed by atoms with Gasteiger partial charge in [-0.2, -0.15) is 0 Å². The molecule has 3 aromatic heterocycles. The minimum Gasteiger partial charge on any atom is -0.512 e. The van der Waals surface area contributed by atoms with Crippen LogP contribution in [-0.2, 0) is 24.9 Å². The van der Waals surface area contributed by atoms with Crippen LogP contribution in [0.15, 0.2) is 95.2 Å². The number of nitrogens with zero attached hydrogens (tertiary/aromatic N) is 1. The Balaban J connectivity index is 0.000000356. The Hall–Kier alpha value is -3.57. The number of carbonyl (C=O) groups excluding carboxylic acids is 1. The van der Waals surface area contributed by atoms with E-state index in [1.165, 1.54) is 46.0 Å². The molecule has 6 aromatic rings. The molecule has 0 spiro atoms. The Morgan fingerprint density at radius 2 is 1.78 bits per heavy atom. The van der Waals surface area contributed by atoms with Gasteiger partial charge in [-0.25, -0.2) is 0 Å². The van der Waals surface area contributed by atoms with Crippen molar-refractivity contribution >= 4 is 49.1 Å². The second-order valence-corrected chi connectivity index (χ2v) is 9.76. The summed E-state index contributed by atoms with van der Waals surface area (Å²) in [6.45, 7) is 4.96. The fourth-order valence-electron chi connectivity index (χ4n) is 4.12. The van der Waals surface area contributed by atoms with E-state index in [0.717, 1.165) is 33.2 Å². The molecule has 37 heavy (non-hydrogen) atoms. The molecule has 1 N–H and O–H groups in total. The quantitative estimate of drug-likeness (QED) is 0.115. The van der Waals surface area contributed by atoms with Gasteiger partial charge >= 0.3 is 0 Å². The van der Waals surface area contributed by atoms with Crippen molar-refractivity contribution in [3.63, 3.8) is 0 Å². The van der Waals surface area contributed by atoms with E-state index >= 15 is 0 Å². The first-order chi connectivity index (χ1) is 17.4. The largest absolute Gasteiger partial charge is 0.512 e. The van der Waals surface area contributed by atoms with Crippen LogP contribution in [0.25, 0.3) is 53.7 Å². The van der Waals surface area contributed by atoms with E-state index in [4.69, 9.17) is 14.5 Å². The molecule has 0 unspecified atom stereocenters. The van der Waals surface area contributed by atoms with Gasteiger partial charge in [0.1, 0.15) is 5.58 Å². The second kappa shape index (κ2) is 11.2. The van der Waals surface area contributed by atoms with Gasteiger partial charge in [0.25, 0.3) is 0 Å². The molecule has 0 bridgehead atoms. The number of pyridine rings is 1. The van der Waals surface area contributed by atoms with E-state index in [0.29, 0.717) is 0 Å². The molecule has 6 heteroatoms. The number of rotatable bonds is 3. The van der Waals surface area contributed by atoms with Gasteiger partial charge in [-0.3, -0.25) is 4.79 Å². The van der Waals surface area contributed by atoms with E-state index in [-0.39, 0.29) is 31.6 Å². The predicted octanol–water partition coefficient (Wildman–Crippen LogP) is 8.67. The third-order valence-electron chi connectivity index (χ3n) is 5.75. The number of hydrogen-bond donors (Lipinski definition) is 1. The minimum atomic E-state index is -0.125. The Morgan fingerprint density at radius 3 is 2.49 bits per heavy atom.